The highest BCUT2D eigenvalue weighted by Crippen LogP contribution is 2.44. The summed E-state index contributed by atoms with van der Waals surface area (Å²) in [6, 6.07) is 6.13. The van der Waals surface area contributed by atoms with Crippen molar-refractivity contribution in [3.8, 4) is 0 Å². The Balaban J connectivity index is 1.48. The number of ether oxygens (including phenoxy) is 4. The predicted octanol–water partition coefficient (Wildman–Crippen LogP) is 13.1. The first kappa shape index (κ1) is 56.6. The Bertz CT molecular complexity index is 2580. The highest BCUT2D eigenvalue weighted by atomic mass is 16.7. The lowest BCUT2D eigenvalue weighted by molar-refractivity contribution is -0.143. The first-order valence-corrected chi connectivity index (χ1v) is 26.3. The number of aryl methyl sites for hydroxylation is 3. The van der Waals surface area contributed by atoms with E-state index in [1.165, 1.54) is 71.8 Å². The summed E-state index contributed by atoms with van der Waals surface area (Å²) in [4.78, 5) is 59.5. The van der Waals surface area contributed by atoms with Gasteiger partial charge in [-0.1, -0.05) is 105 Å². The fraction of sp³-hybridized carbons (Fsp3) is 0.576. The first-order chi connectivity index (χ1) is 33.9. The molecular formula is C59H85N5O7. The molecule has 5 heterocycles. The van der Waals surface area contributed by atoms with E-state index in [2.05, 4.69) is 90.2 Å². The summed E-state index contributed by atoms with van der Waals surface area (Å²) in [6.07, 6.45) is 15.5. The molecule has 12 heteroatoms. The van der Waals surface area contributed by atoms with Crippen LogP contribution in [0, 0.1) is 31.6 Å². The number of fused-ring (bicyclic) bond motifs is 8. The molecule has 1 amide bonds. The van der Waals surface area contributed by atoms with Gasteiger partial charge in [0, 0.05) is 71.4 Å². The van der Waals surface area contributed by atoms with Crippen LogP contribution in [-0.2, 0) is 46.2 Å². The molecule has 0 radical (unpaired) electrons. The number of carbonyl (C=O) groups excluding carboxylic acids is 3. The van der Waals surface area contributed by atoms with E-state index in [-0.39, 0.29) is 43.8 Å². The quantitative estimate of drug-likeness (QED) is 0.0404. The maximum atomic E-state index is 14.5. The van der Waals surface area contributed by atoms with Crippen LogP contribution < -0.4 is 5.32 Å². The number of nitrogens with one attached hydrogen (secondary N) is 3. The second kappa shape index (κ2) is 26.9. The van der Waals surface area contributed by atoms with E-state index < -0.39 is 18.2 Å². The van der Waals surface area contributed by atoms with Crippen LogP contribution in [0.25, 0.3) is 39.3 Å². The molecule has 3 N–H and O–H groups in total. The number of aromatic nitrogens is 4. The Morgan fingerprint density at radius 2 is 1.45 bits per heavy atom. The summed E-state index contributed by atoms with van der Waals surface area (Å²) in [5.74, 6) is 0.521. The van der Waals surface area contributed by atoms with Crippen molar-refractivity contribution in [1.82, 2.24) is 25.3 Å². The Labute approximate surface area is 424 Å². The molecule has 0 saturated carbocycles. The van der Waals surface area contributed by atoms with Gasteiger partial charge in [-0.15, -0.1) is 0 Å². The molecule has 3 aromatic heterocycles. The average Bonchev–Trinajstić information content (AvgIpc) is 4.02. The van der Waals surface area contributed by atoms with Crippen molar-refractivity contribution in [2.45, 2.75) is 171 Å². The fourth-order valence-electron chi connectivity index (χ4n) is 10.3. The van der Waals surface area contributed by atoms with Gasteiger partial charge in [-0.3, -0.25) is 19.4 Å². The van der Waals surface area contributed by atoms with Crippen molar-refractivity contribution in [3.05, 3.63) is 87.0 Å². The molecule has 4 unspecified atom stereocenters. The van der Waals surface area contributed by atoms with E-state index in [1.54, 1.807) is 0 Å². The molecule has 5 rings (SSSR count). The minimum absolute atomic E-state index is 0.0716. The van der Waals surface area contributed by atoms with Crippen LogP contribution in [0.15, 0.2) is 36.4 Å². The minimum Gasteiger partial charge on any atom is -0.469 e. The number of esters is 2. The second-order valence-corrected chi connectivity index (χ2v) is 20.7. The number of aromatic amines is 2. The summed E-state index contributed by atoms with van der Waals surface area (Å²) in [5, 5.41) is 2.98. The smallest absolute Gasteiger partial charge is 0.310 e. The summed E-state index contributed by atoms with van der Waals surface area (Å²) in [6.45, 7) is 26.2. The normalized spacial score (nSPS) is 15.9. The molecular weight excluding hydrogens is 891 g/mol. The summed E-state index contributed by atoms with van der Waals surface area (Å²) in [5.41, 5.74) is 12.6. The zero-order chi connectivity index (χ0) is 51.9. The molecule has 0 fully saturated rings. The Hall–Kier alpha value is -5.33. The van der Waals surface area contributed by atoms with E-state index in [0.29, 0.717) is 46.1 Å². The zero-order valence-corrected chi connectivity index (χ0v) is 45.4. The van der Waals surface area contributed by atoms with Crippen LogP contribution >= 0.6 is 0 Å². The third-order valence-corrected chi connectivity index (χ3v) is 14.9. The van der Waals surface area contributed by atoms with Crippen LogP contribution in [0.5, 0.6) is 0 Å². The standard InChI is InChI=1S/C59H85N5O7/c1-15-43-39(8)47-31-49-41(10)45(26-27-53(65)71-29-28-38(7)25-19-24-37(6)23-18-22-36(5)21-17-20-35(3)4)57(63-49)46(30-54(66)68-12)58-56(59(67)60-34-55(69-13)70-14)42(11)50(64-58)33-52-44(16-2)40(9)48(62-52)32-51(43)61-47/h15,28,31-33,35-37,41,45,55,61-62H,1,16-27,29-30,34H2,2-14H3,(H,60,67). The van der Waals surface area contributed by atoms with Crippen LogP contribution in [0.1, 0.15) is 188 Å². The van der Waals surface area contributed by atoms with Crippen LogP contribution in [-0.4, -0.2) is 78.6 Å². The lowest BCUT2D eigenvalue weighted by Gasteiger charge is -2.19. The predicted molar refractivity (Wildman–Crippen MR) is 289 cm³/mol. The van der Waals surface area contributed by atoms with E-state index in [0.717, 1.165) is 81.1 Å². The number of hydrogen-bond acceptors (Lipinski definition) is 9. The van der Waals surface area contributed by atoms with E-state index in [9.17, 15) is 14.4 Å². The topological polar surface area (TPSA) is 158 Å². The number of nitrogens with zero attached hydrogens (tertiary/aromatic N) is 2. The molecule has 2 aliphatic rings. The van der Waals surface area contributed by atoms with E-state index >= 15 is 0 Å². The number of H-pyrrole nitrogens is 2. The third-order valence-electron chi connectivity index (χ3n) is 14.9. The molecule has 8 bridgehead atoms. The van der Waals surface area contributed by atoms with Crippen LogP contribution in [0.2, 0.25) is 0 Å². The van der Waals surface area contributed by atoms with Gasteiger partial charge in [0.25, 0.3) is 5.91 Å². The number of hydrogen-bond donors (Lipinski definition) is 3. The molecule has 0 spiro atoms. The van der Waals surface area contributed by atoms with Gasteiger partial charge in [0.2, 0.25) is 0 Å². The fourth-order valence-corrected chi connectivity index (χ4v) is 10.3. The monoisotopic (exact) mass is 976 g/mol. The lowest BCUT2D eigenvalue weighted by atomic mass is 9.84. The summed E-state index contributed by atoms with van der Waals surface area (Å²) in [7, 11) is 4.36. The van der Waals surface area contributed by atoms with Crippen molar-refractivity contribution in [1.29, 1.82) is 0 Å². The van der Waals surface area contributed by atoms with Crippen molar-refractivity contribution < 1.29 is 33.3 Å². The highest BCUT2D eigenvalue weighted by molar-refractivity contribution is 6.27. The number of carbonyl (C=O) groups is 3. The van der Waals surface area contributed by atoms with Crippen LogP contribution in [0.3, 0.4) is 0 Å². The Kier molecular flexibility index (Phi) is 21.5. The minimum atomic E-state index is -0.685. The summed E-state index contributed by atoms with van der Waals surface area (Å²) < 4.78 is 21.9. The molecule has 3 aromatic rings. The van der Waals surface area contributed by atoms with Gasteiger partial charge in [-0.05, 0) is 118 Å². The largest absolute Gasteiger partial charge is 0.469 e. The van der Waals surface area contributed by atoms with Crippen molar-refractivity contribution in [2.24, 2.45) is 17.8 Å². The molecule has 0 aliphatic carbocycles. The van der Waals surface area contributed by atoms with Gasteiger partial charge < -0.3 is 34.2 Å². The van der Waals surface area contributed by atoms with Crippen LogP contribution in [0.4, 0.5) is 0 Å². The maximum absolute atomic E-state index is 14.5. The highest BCUT2D eigenvalue weighted by Gasteiger charge is 2.36. The number of rotatable bonds is 26. The van der Waals surface area contributed by atoms with Gasteiger partial charge in [-0.2, -0.15) is 0 Å². The van der Waals surface area contributed by atoms with Crippen molar-refractivity contribution >= 4 is 57.1 Å². The number of methoxy groups -OCH3 is 3. The molecule has 388 valence electrons. The average molecular weight is 976 g/mol. The third kappa shape index (κ3) is 14.9. The first-order valence-electron chi connectivity index (χ1n) is 26.3. The van der Waals surface area contributed by atoms with Gasteiger partial charge in [0.05, 0.1) is 42.7 Å². The molecule has 71 heavy (non-hydrogen) atoms. The molecule has 0 aromatic carbocycles. The molecule has 4 atom stereocenters. The Morgan fingerprint density at radius 3 is 2.08 bits per heavy atom. The van der Waals surface area contributed by atoms with Crippen molar-refractivity contribution in [3.63, 3.8) is 0 Å². The molecule has 12 nitrogen and oxygen atoms in total. The second-order valence-electron chi connectivity index (χ2n) is 20.7. The van der Waals surface area contributed by atoms with Crippen molar-refractivity contribution in [2.75, 3.05) is 34.5 Å². The van der Waals surface area contributed by atoms with Gasteiger partial charge in [0.1, 0.15) is 6.61 Å². The van der Waals surface area contributed by atoms with Gasteiger partial charge in [-0.25, -0.2) is 4.98 Å². The molecule has 2 aliphatic heterocycles. The molecule has 0 saturated heterocycles. The number of amides is 1. The summed E-state index contributed by atoms with van der Waals surface area (Å²) >= 11 is 0. The zero-order valence-electron chi connectivity index (χ0n) is 45.4. The number of allylic oxidation sites excluding steroid dienone is 2. The van der Waals surface area contributed by atoms with Gasteiger partial charge >= 0.3 is 11.9 Å². The Morgan fingerprint density at radius 1 is 0.803 bits per heavy atom. The van der Waals surface area contributed by atoms with E-state index in [1.807, 2.05) is 31.2 Å². The lowest BCUT2D eigenvalue weighted by Crippen LogP contribution is -2.34. The SMILES string of the molecule is C=Cc1c(C)c2cc3nc(c(CC(=O)OC)c4nc(cc5[nH]c(cc1[nH]2)c(C)c5CC)C(C)=C4C(=O)NCC(OC)OC)C(CCC(=O)OCC=C(C)CCCC(C)CCCC(C)CCCC(C)C)C3C. The van der Waals surface area contributed by atoms with E-state index in [4.69, 9.17) is 28.9 Å². The van der Waals surface area contributed by atoms with Gasteiger partial charge in [0.15, 0.2) is 6.29 Å². The maximum Gasteiger partial charge on any atom is 0.310 e.